The summed E-state index contributed by atoms with van der Waals surface area (Å²) in [6.45, 7) is 2.81. The van der Waals surface area contributed by atoms with Gasteiger partial charge in [-0.15, -0.1) is 0 Å². The maximum Gasteiger partial charge on any atom is 0.335 e. The highest BCUT2D eigenvalue weighted by Gasteiger charge is 2.31. The molecule has 1 saturated carbocycles. The normalized spacial score (nSPS) is 13.3. The summed E-state index contributed by atoms with van der Waals surface area (Å²) >= 11 is 0. The molecule has 1 aromatic heterocycles. The molecule has 0 saturated heterocycles. The molecule has 12 heteroatoms. The quantitative estimate of drug-likeness (QED) is 0.152. The molecule has 0 aliphatic heterocycles. The van der Waals surface area contributed by atoms with Crippen LogP contribution in [0.15, 0.2) is 59.0 Å². The van der Waals surface area contributed by atoms with Crippen LogP contribution in [0.4, 0.5) is 4.39 Å². The summed E-state index contributed by atoms with van der Waals surface area (Å²) in [4.78, 5) is 24.1. The van der Waals surface area contributed by atoms with Gasteiger partial charge in [-0.2, -0.15) is 0 Å². The Labute approximate surface area is 260 Å². The van der Waals surface area contributed by atoms with Crippen molar-refractivity contribution in [1.82, 2.24) is 10.0 Å². The number of halogens is 1. The van der Waals surface area contributed by atoms with Crippen molar-refractivity contribution in [3.63, 3.8) is 0 Å². The zero-order valence-electron chi connectivity index (χ0n) is 25.0. The van der Waals surface area contributed by atoms with Crippen molar-refractivity contribution in [2.75, 3.05) is 33.4 Å². The van der Waals surface area contributed by atoms with E-state index in [4.69, 9.17) is 19.0 Å². The standard InChI is InChI=1S/C33H35FN2O8S/c1-20-15-21(3-10-26(20)33(38)39)18-43-14-13-42-12-11-36-45(40,41)19-24-16-29-28(17-27(24)22-4-5-22)30(32(37)35-2)31(44-29)23-6-8-25(34)9-7-23/h3,6-10,15-17,22,36H,4-5,11-14,18-19H2,1-2H3,(H,35,37)(H,38,39). The number of furan rings is 1. The van der Waals surface area contributed by atoms with E-state index >= 15 is 0 Å². The number of hydrogen-bond donors (Lipinski definition) is 3. The number of amides is 1. The lowest BCUT2D eigenvalue weighted by molar-refractivity contribution is 0.0426. The molecule has 3 N–H and O–H groups in total. The molecule has 45 heavy (non-hydrogen) atoms. The molecule has 0 unspecified atom stereocenters. The third-order valence-electron chi connectivity index (χ3n) is 7.60. The monoisotopic (exact) mass is 638 g/mol. The van der Waals surface area contributed by atoms with E-state index in [1.165, 1.54) is 31.3 Å². The molecule has 4 aromatic rings. The number of carbonyl (C=O) groups excluding carboxylic acids is 1. The average Bonchev–Trinajstić information content (AvgIpc) is 3.78. The van der Waals surface area contributed by atoms with Gasteiger partial charge in [-0.05, 0) is 90.4 Å². The SMILES string of the molecule is CNC(=O)c1c(-c2ccc(F)cc2)oc2cc(CS(=O)(=O)NCCOCCOCc3ccc(C(=O)O)c(C)c3)c(C3CC3)cc12. The molecule has 238 valence electrons. The van der Waals surface area contributed by atoms with E-state index in [1.807, 2.05) is 6.07 Å². The molecule has 1 heterocycles. The molecular weight excluding hydrogens is 603 g/mol. The predicted molar refractivity (Wildman–Crippen MR) is 166 cm³/mol. The molecule has 10 nitrogen and oxygen atoms in total. The van der Waals surface area contributed by atoms with Gasteiger partial charge in [0.15, 0.2) is 0 Å². The Kier molecular flexibility index (Phi) is 9.98. The number of sulfonamides is 1. The van der Waals surface area contributed by atoms with Gasteiger partial charge in [0.2, 0.25) is 10.0 Å². The van der Waals surface area contributed by atoms with Crippen LogP contribution in [0.25, 0.3) is 22.3 Å². The summed E-state index contributed by atoms with van der Waals surface area (Å²) in [5.41, 5.74) is 4.45. The Morgan fingerprint density at radius 2 is 1.76 bits per heavy atom. The number of ether oxygens (including phenoxy) is 2. The summed E-state index contributed by atoms with van der Waals surface area (Å²) < 4.78 is 59.4. The smallest absolute Gasteiger partial charge is 0.335 e. The molecule has 1 aliphatic carbocycles. The third-order valence-corrected chi connectivity index (χ3v) is 8.94. The number of aryl methyl sites for hydroxylation is 1. The van der Waals surface area contributed by atoms with Gasteiger partial charge in [0.05, 0.1) is 43.3 Å². The van der Waals surface area contributed by atoms with Gasteiger partial charge in [-0.1, -0.05) is 12.1 Å². The summed E-state index contributed by atoms with van der Waals surface area (Å²) in [7, 11) is -2.21. The van der Waals surface area contributed by atoms with E-state index in [9.17, 15) is 22.4 Å². The molecule has 5 rings (SSSR count). The second-order valence-corrected chi connectivity index (χ2v) is 12.8. The number of hydrogen-bond acceptors (Lipinski definition) is 7. The second kappa shape index (κ2) is 13.9. The highest BCUT2D eigenvalue weighted by Crippen LogP contribution is 2.45. The van der Waals surface area contributed by atoms with Crippen LogP contribution < -0.4 is 10.0 Å². The summed E-state index contributed by atoms with van der Waals surface area (Å²) in [5, 5.41) is 12.4. The topological polar surface area (TPSA) is 144 Å². The highest BCUT2D eigenvalue weighted by atomic mass is 32.2. The van der Waals surface area contributed by atoms with Crippen molar-refractivity contribution in [3.8, 4) is 11.3 Å². The van der Waals surface area contributed by atoms with Crippen molar-refractivity contribution in [1.29, 1.82) is 0 Å². The number of carbonyl (C=O) groups is 2. The number of fused-ring (bicyclic) bond motifs is 1. The fraction of sp³-hybridized carbons (Fsp3) is 0.333. The molecule has 3 aromatic carbocycles. The van der Waals surface area contributed by atoms with E-state index in [-0.39, 0.29) is 48.7 Å². The first-order valence-electron chi connectivity index (χ1n) is 14.6. The first-order valence-corrected chi connectivity index (χ1v) is 16.2. The second-order valence-electron chi connectivity index (χ2n) is 11.0. The zero-order valence-corrected chi connectivity index (χ0v) is 25.8. The first-order chi connectivity index (χ1) is 21.6. The number of rotatable bonds is 15. The van der Waals surface area contributed by atoms with Crippen molar-refractivity contribution in [2.45, 2.75) is 38.0 Å². The Hall–Kier alpha value is -4.10. The van der Waals surface area contributed by atoms with Crippen molar-refractivity contribution in [3.05, 3.63) is 93.8 Å². The fourth-order valence-electron chi connectivity index (χ4n) is 5.25. The lowest BCUT2D eigenvalue weighted by Gasteiger charge is -2.12. The van der Waals surface area contributed by atoms with Gasteiger partial charge in [0.25, 0.3) is 5.91 Å². The number of aromatic carboxylic acids is 1. The molecule has 0 atom stereocenters. The predicted octanol–water partition coefficient (Wildman–Crippen LogP) is 5.14. The van der Waals surface area contributed by atoms with Crippen LogP contribution in [-0.2, 0) is 31.9 Å². The Morgan fingerprint density at radius 1 is 1.02 bits per heavy atom. The lowest BCUT2D eigenvalue weighted by atomic mass is 9.98. The molecular formula is C33H35FN2O8S. The van der Waals surface area contributed by atoms with Crippen molar-refractivity contribution >= 4 is 32.9 Å². The van der Waals surface area contributed by atoms with Gasteiger partial charge in [-0.25, -0.2) is 22.3 Å². The van der Waals surface area contributed by atoms with E-state index in [0.29, 0.717) is 46.4 Å². The van der Waals surface area contributed by atoms with Crippen LogP contribution in [0.1, 0.15) is 61.7 Å². The molecule has 1 aliphatic rings. The van der Waals surface area contributed by atoms with Gasteiger partial charge < -0.3 is 24.3 Å². The van der Waals surface area contributed by atoms with Gasteiger partial charge in [-0.3, -0.25) is 4.79 Å². The third kappa shape index (κ3) is 7.95. The molecule has 0 radical (unpaired) electrons. The molecule has 0 spiro atoms. The summed E-state index contributed by atoms with van der Waals surface area (Å²) in [6, 6.07) is 14.2. The Balaban J connectivity index is 1.18. The van der Waals surface area contributed by atoms with Crippen LogP contribution in [0.3, 0.4) is 0 Å². The summed E-state index contributed by atoms with van der Waals surface area (Å²) in [6.07, 6.45) is 1.85. The zero-order chi connectivity index (χ0) is 32.1. The van der Waals surface area contributed by atoms with E-state index in [0.717, 1.165) is 24.0 Å². The Bertz CT molecular complexity index is 1810. The fourth-order valence-corrected chi connectivity index (χ4v) is 6.40. The molecule has 1 amide bonds. The van der Waals surface area contributed by atoms with Crippen LogP contribution in [0.5, 0.6) is 0 Å². The Morgan fingerprint density at radius 3 is 2.42 bits per heavy atom. The average molecular weight is 639 g/mol. The van der Waals surface area contributed by atoms with Crippen LogP contribution in [0.2, 0.25) is 0 Å². The van der Waals surface area contributed by atoms with Crippen molar-refractivity contribution in [2.24, 2.45) is 0 Å². The van der Waals surface area contributed by atoms with E-state index in [2.05, 4.69) is 10.0 Å². The maximum absolute atomic E-state index is 13.6. The van der Waals surface area contributed by atoms with E-state index < -0.39 is 21.8 Å². The van der Waals surface area contributed by atoms with Crippen molar-refractivity contribution < 1.29 is 41.4 Å². The summed E-state index contributed by atoms with van der Waals surface area (Å²) in [5.74, 6) is -1.52. The minimum Gasteiger partial charge on any atom is -0.478 e. The van der Waals surface area contributed by atoms with Crippen LogP contribution >= 0.6 is 0 Å². The maximum atomic E-state index is 13.6. The van der Waals surface area contributed by atoms with E-state index in [1.54, 1.807) is 31.2 Å². The van der Waals surface area contributed by atoms with Crippen LogP contribution in [0, 0.1) is 12.7 Å². The van der Waals surface area contributed by atoms with Gasteiger partial charge >= 0.3 is 5.97 Å². The highest BCUT2D eigenvalue weighted by molar-refractivity contribution is 7.88. The number of carboxylic acid groups (broad SMARTS) is 1. The minimum atomic E-state index is -3.73. The lowest BCUT2D eigenvalue weighted by Crippen LogP contribution is -2.29. The minimum absolute atomic E-state index is 0.0788. The van der Waals surface area contributed by atoms with Crippen LogP contribution in [-0.4, -0.2) is 58.8 Å². The molecule has 1 fully saturated rings. The number of carboxylic acids is 1. The number of nitrogens with one attached hydrogen (secondary N) is 2. The number of benzene rings is 3. The van der Waals surface area contributed by atoms with Gasteiger partial charge in [0.1, 0.15) is 17.2 Å². The molecule has 0 bridgehead atoms. The first kappa shape index (κ1) is 32.3. The largest absolute Gasteiger partial charge is 0.478 e. The van der Waals surface area contributed by atoms with Gasteiger partial charge in [0, 0.05) is 24.5 Å².